The van der Waals surface area contributed by atoms with Gasteiger partial charge in [-0.05, 0) is 4.92 Å². The van der Waals surface area contributed by atoms with E-state index in [0.29, 0.717) is 0 Å². The van der Waals surface area contributed by atoms with Crippen LogP contribution in [0.3, 0.4) is 0 Å². The van der Waals surface area contributed by atoms with Gasteiger partial charge in [-0.15, -0.1) is 0 Å². The minimum atomic E-state index is -0.651. The second-order valence-corrected chi connectivity index (χ2v) is 1.65. The Morgan fingerprint density at radius 1 is 1.90 bits per heavy atom. The summed E-state index contributed by atoms with van der Waals surface area (Å²) in [7, 11) is 0. The number of aromatic nitrogens is 2. The van der Waals surface area contributed by atoms with E-state index in [1.807, 2.05) is 0 Å². The van der Waals surface area contributed by atoms with Crippen LogP contribution in [0.5, 0.6) is 0 Å². The second kappa shape index (κ2) is 2.44. The summed E-state index contributed by atoms with van der Waals surface area (Å²) < 4.78 is 0. The van der Waals surface area contributed by atoms with Crippen molar-refractivity contribution in [2.24, 2.45) is 0 Å². The molecule has 1 aromatic heterocycles. The Hall–Kier alpha value is -1.43. The van der Waals surface area contributed by atoms with Crippen molar-refractivity contribution in [3.8, 4) is 0 Å². The molecule has 54 valence electrons. The Kier molecular flexibility index (Phi) is 1.63. The number of rotatable bonds is 2. The van der Waals surface area contributed by atoms with Crippen LogP contribution in [0, 0.1) is 10.1 Å². The first-order valence-electron chi connectivity index (χ1n) is 2.53. The van der Waals surface area contributed by atoms with E-state index in [4.69, 9.17) is 5.11 Å². The number of aliphatic hydroxyl groups excluding tert-OH is 1. The molecule has 0 fully saturated rings. The number of nitrogens with zero attached hydrogens (tertiary/aromatic N) is 2. The second-order valence-electron chi connectivity index (χ2n) is 1.65. The van der Waals surface area contributed by atoms with Gasteiger partial charge in [0.2, 0.25) is 0 Å². The molecule has 6 nitrogen and oxygen atoms in total. The van der Waals surface area contributed by atoms with Gasteiger partial charge in [-0.3, -0.25) is 0 Å². The van der Waals surface area contributed by atoms with Crippen LogP contribution in [0.2, 0.25) is 0 Å². The maximum atomic E-state index is 10.1. The van der Waals surface area contributed by atoms with Gasteiger partial charge in [0.25, 0.3) is 0 Å². The summed E-state index contributed by atoms with van der Waals surface area (Å²) in [4.78, 5) is 9.40. The number of H-pyrrole nitrogens is 1. The Bertz CT molecular complexity index is 244. The van der Waals surface area contributed by atoms with Crippen LogP contribution in [0.1, 0.15) is 5.56 Å². The number of aromatic amines is 1. The molecule has 1 rings (SSSR count). The zero-order valence-corrected chi connectivity index (χ0v) is 4.94. The van der Waals surface area contributed by atoms with E-state index in [9.17, 15) is 10.1 Å². The topological polar surface area (TPSA) is 92.0 Å². The molecule has 0 aliphatic rings. The SMILES string of the molecule is O=[N+]([O-])c1n[nH]cc1CO. The third-order valence-electron chi connectivity index (χ3n) is 1.04. The Morgan fingerprint density at radius 2 is 2.60 bits per heavy atom. The third kappa shape index (κ3) is 0.960. The molecule has 0 aromatic carbocycles. The van der Waals surface area contributed by atoms with E-state index >= 15 is 0 Å². The van der Waals surface area contributed by atoms with Gasteiger partial charge >= 0.3 is 5.82 Å². The lowest BCUT2D eigenvalue weighted by molar-refractivity contribution is -0.390. The first-order chi connectivity index (χ1) is 4.75. The fraction of sp³-hybridized carbons (Fsp3) is 0.250. The highest BCUT2D eigenvalue weighted by Gasteiger charge is 2.14. The van der Waals surface area contributed by atoms with E-state index in [2.05, 4.69) is 10.2 Å². The fourth-order valence-corrected chi connectivity index (χ4v) is 0.582. The van der Waals surface area contributed by atoms with E-state index in [-0.39, 0.29) is 18.0 Å². The average Bonchev–Trinajstić information content (AvgIpc) is 2.33. The number of nitrogens with one attached hydrogen (secondary N) is 1. The molecule has 2 N–H and O–H groups in total. The fourth-order valence-electron chi connectivity index (χ4n) is 0.582. The Balaban J connectivity index is 3.01. The van der Waals surface area contributed by atoms with Gasteiger partial charge in [0, 0.05) is 0 Å². The normalized spacial score (nSPS) is 9.70. The summed E-state index contributed by atoms with van der Waals surface area (Å²) in [6, 6.07) is 0. The molecule has 0 radical (unpaired) electrons. The van der Waals surface area contributed by atoms with Crippen LogP contribution in [0.4, 0.5) is 5.82 Å². The van der Waals surface area contributed by atoms with E-state index in [1.165, 1.54) is 6.20 Å². The van der Waals surface area contributed by atoms with Gasteiger partial charge in [-0.25, -0.2) is 0 Å². The first-order valence-corrected chi connectivity index (χ1v) is 2.53. The summed E-state index contributed by atoms with van der Waals surface area (Å²) in [6.45, 7) is -0.368. The maximum absolute atomic E-state index is 10.1. The zero-order chi connectivity index (χ0) is 7.56. The Morgan fingerprint density at radius 3 is 3.00 bits per heavy atom. The average molecular weight is 143 g/mol. The third-order valence-corrected chi connectivity index (χ3v) is 1.04. The molecular weight excluding hydrogens is 138 g/mol. The van der Waals surface area contributed by atoms with Gasteiger partial charge in [0.05, 0.1) is 23.5 Å². The molecule has 10 heavy (non-hydrogen) atoms. The van der Waals surface area contributed by atoms with Crippen molar-refractivity contribution < 1.29 is 10.0 Å². The molecule has 0 saturated heterocycles. The van der Waals surface area contributed by atoms with Crippen LogP contribution in [-0.2, 0) is 6.61 Å². The standard InChI is InChI=1S/C4H5N3O3/c8-2-3-1-5-6-4(3)7(9)10/h1,8H,2H2,(H,5,6). The molecule has 1 aromatic rings. The summed E-state index contributed by atoms with van der Waals surface area (Å²) in [5, 5.41) is 24.1. The molecule has 0 atom stereocenters. The van der Waals surface area contributed by atoms with Crippen molar-refractivity contribution >= 4 is 5.82 Å². The summed E-state index contributed by atoms with van der Waals surface area (Å²) in [6.07, 6.45) is 1.29. The highest BCUT2D eigenvalue weighted by atomic mass is 16.6. The monoisotopic (exact) mass is 143 g/mol. The van der Waals surface area contributed by atoms with Crippen LogP contribution >= 0.6 is 0 Å². The lowest BCUT2D eigenvalue weighted by Gasteiger charge is -1.88. The lowest BCUT2D eigenvalue weighted by atomic mass is 10.4. The molecule has 1 heterocycles. The van der Waals surface area contributed by atoms with Gasteiger partial charge in [0.1, 0.15) is 0 Å². The van der Waals surface area contributed by atoms with Gasteiger partial charge in [-0.1, -0.05) is 0 Å². The molecule has 0 amide bonds. The highest BCUT2D eigenvalue weighted by molar-refractivity contribution is 5.28. The first kappa shape index (κ1) is 6.69. The molecule has 0 bridgehead atoms. The minimum Gasteiger partial charge on any atom is -0.391 e. The van der Waals surface area contributed by atoms with Crippen molar-refractivity contribution in [2.45, 2.75) is 6.61 Å². The van der Waals surface area contributed by atoms with Gasteiger partial charge < -0.3 is 15.2 Å². The number of aliphatic hydroxyl groups is 1. The molecule has 0 aliphatic heterocycles. The predicted octanol–water partition coefficient (Wildman–Crippen LogP) is -0.190. The van der Waals surface area contributed by atoms with Crippen LogP contribution in [0.25, 0.3) is 0 Å². The molecule has 0 saturated carbocycles. The number of hydrogen-bond acceptors (Lipinski definition) is 4. The molecule has 0 aliphatic carbocycles. The van der Waals surface area contributed by atoms with Crippen molar-refractivity contribution in [3.05, 3.63) is 21.9 Å². The summed E-state index contributed by atoms with van der Waals surface area (Å²) in [5.74, 6) is -0.317. The van der Waals surface area contributed by atoms with E-state index < -0.39 is 4.92 Å². The highest BCUT2D eigenvalue weighted by Crippen LogP contribution is 2.12. The van der Waals surface area contributed by atoms with Crippen molar-refractivity contribution in [1.82, 2.24) is 10.2 Å². The van der Waals surface area contributed by atoms with Crippen LogP contribution < -0.4 is 0 Å². The molecule has 6 heteroatoms. The van der Waals surface area contributed by atoms with Crippen LogP contribution in [0.15, 0.2) is 6.20 Å². The summed E-state index contributed by atoms with van der Waals surface area (Å²) in [5.41, 5.74) is 0.199. The Labute approximate surface area is 55.6 Å². The molecule has 0 spiro atoms. The minimum absolute atomic E-state index is 0.199. The largest absolute Gasteiger partial charge is 0.395 e. The molecule has 0 unspecified atom stereocenters. The summed E-state index contributed by atoms with van der Waals surface area (Å²) >= 11 is 0. The van der Waals surface area contributed by atoms with E-state index in [1.54, 1.807) is 0 Å². The quantitative estimate of drug-likeness (QED) is 0.443. The number of hydrogen-bond donors (Lipinski definition) is 2. The zero-order valence-electron chi connectivity index (χ0n) is 4.94. The van der Waals surface area contributed by atoms with Crippen molar-refractivity contribution in [2.75, 3.05) is 0 Å². The van der Waals surface area contributed by atoms with Crippen molar-refractivity contribution in [3.63, 3.8) is 0 Å². The predicted molar refractivity (Wildman–Crippen MR) is 31.2 cm³/mol. The van der Waals surface area contributed by atoms with E-state index in [0.717, 1.165) is 0 Å². The van der Waals surface area contributed by atoms with Crippen molar-refractivity contribution in [1.29, 1.82) is 0 Å². The van der Waals surface area contributed by atoms with Gasteiger partial charge in [-0.2, -0.15) is 5.10 Å². The maximum Gasteiger partial charge on any atom is 0.395 e. The smallest absolute Gasteiger partial charge is 0.391 e. The van der Waals surface area contributed by atoms with Crippen LogP contribution in [-0.4, -0.2) is 20.2 Å². The van der Waals surface area contributed by atoms with Gasteiger partial charge in [0.15, 0.2) is 0 Å². The lowest BCUT2D eigenvalue weighted by Crippen LogP contribution is -1.92. The number of nitro groups is 1. The molecular formula is C4H5N3O3.